The van der Waals surface area contributed by atoms with Gasteiger partial charge in [-0.05, 0) is 35.0 Å². The molecule has 1 N–H and O–H groups in total. The van der Waals surface area contributed by atoms with Gasteiger partial charge in [0, 0.05) is 32.3 Å². The molecule has 2 aliphatic heterocycles. The summed E-state index contributed by atoms with van der Waals surface area (Å²) in [6, 6.07) is 17.3. The lowest BCUT2D eigenvalue weighted by molar-refractivity contribution is -0.128. The lowest BCUT2D eigenvalue weighted by Gasteiger charge is -2.22. The number of amides is 3. The van der Waals surface area contributed by atoms with Gasteiger partial charge in [0.1, 0.15) is 0 Å². The Morgan fingerprint density at radius 3 is 2.43 bits per heavy atom. The minimum atomic E-state index is -0.559. The third-order valence-electron chi connectivity index (χ3n) is 4.93. The monoisotopic (exact) mass is 420 g/mol. The number of thioether (sulfide) groups is 1. The lowest BCUT2D eigenvalue weighted by Crippen LogP contribution is -2.26. The maximum atomic E-state index is 13.0. The second-order valence-corrected chi connectivity index (χ2v) is 8.17. The molecule has 3 amide bonds. The molecule has 0 radical (unpaired) electrons. The van der Waals surface area contributed by atoms with Crippen LogP contribution in [0.15, 0.2) is 70.7 Å². The molecule has 2 aliphatic rings. The first-order valence-electron chi connectivity index (χ1n) is 9.40. The van der Waals surface area contributed by atoms with Crippen molar-refractivity contribution in [1.29, 1.82) is 0 Å². The average molecular weight is 420 g/mol. The summed E-state index contributed by atoms with van der Waals surface area (Å²) in [5.41, 5.74) is 3.74. The zero-order valence-electron chi connectivity index (χ0n) is 16.5. The maximum Gasteiger partial charge on any atom is 0.290 e. The number of imide groups is 1. The molecule has 0 spiro atoms. The first kappa shape index (κ1) is 19.9. The van der Waals surface area contributed by atoms with E-state index in [1.165, 1.54) is 11.1 Å². The maximum absolute atomic E-state index is 13.0. The Morgan fingerprint density at radius 1 is 1.13 bits per heavy atom. The summed E-state index contributed by atoms with van der Waals surface area (Å²) in [5, 5.41) is 7.66. The molecule has 1 atom stereocenters. The molecule has 30 heavy (non-hydrogen) atoms. The van der Waals surface area contributed by atoms with E-state index < -0.39 is 17.1 Å². The third kappa shape index (κ3) is 3.99. The molecule has 7 nitrogen and oxygen atoms in total. The van der Waals surface area contributed by atoms with Crippen molar-refractivity contribution in [2.45, 2.75) is 12.5 Å². The molecule has 2 aromatic rings. The third-order valence-corrected chi connectivity index (χ3v) is 5.74. The van der Waals surface area contributed by atoms with Gasteiger partial charge < -0.3 is 4.90 Å². The topological polar surface area (TPSA) is 82.1 Å². The van der Waals surface area contributed by atoms with Crippen molar-refractivity contribution < 1.29 is 14.4 Å². The normalized spacial score (nSPS) is 19.8. The highest BCUT2D eigenvalue weighted by atomic mass is 32.2. The smallest absolute Gasteiger partial charge is 0.290 e. The fourth-order valence-electron chi connectivity index (χ4n) is 3.37. The van der Waals surface area contributed by atoms with Gasteiger partial charge in [-0.25, -0.2) is 5.01 Å². The van der Waals surface area contributed by atoms with Crippen molar-refractivity contribution in [3.05, 3.63) is 76.7 Å². The van der Waals surface area contributed by atoms with Crippen LogP contribution >= 0.6 is 11.8 Å². The largest absolute Gasteiger partial charge is 0.378 e. The minimum Gasteiger partial charge on any atom is -0.378 e. The van der Waals surface area contributed by atoms with E-state index in [0.29, 0.717) is 6.42 Å². The molecular weight excluding hydrogens is 400 g/mol. The lowest BCUT2D eigenvalue weighted by atomic mass is 9.98. The predicted molar refractivity (Wildman–Crippen MR) is 117 cm³/mol. The quantitative estimate of drug-likeness (QED) is 0.768. The summed E-state index contributed by atoms with van der Waals surface area (Å²) >= 11 is 0.720. The number of nitrogens with one attached hydrogen (secondary N) is 1. The van der Waals surface area contributed by atoms with Gasteiger partial charge in [0.25, 0.3) is 17.1 Å². The van der Waals surface area contributed by atoms with Gasteiger partial charge in [-0.3, -0.25) is 19.7 Å². The molecule has 2 aromatic carbocycles. The van der Waals surface area contributed by atoms with Crippen LogP contribution in [0.4, 0.5) is 10.5 Å². The molecular formula is C22H20N4O3S. The molecule has 152 valence electrons. The van der Waals surface area contributed by atoms with E-state index in [0.717, 1.165) is 34.3 Å². The van der Waals surface area contributed by atoms with Gasteiger partial charge in [-0.1, -0.05) is 42.5 Å². The summed E-state index contributed by atoms with van der Waals surface area (Å²) in [7, 11) is 3.93. The Kier molecular flexibility index (Phi) is 5.41. The van der Waals surface area contributed by atoms with E-state index in [1.54, 1.807) is 0 Å². The number of hydrogen-bond donors (Lipinski definition) is 1. The highest BCUT2D eigenvalue weighted by Crippen LogP contribution is 2.34. The van der Waals surface area contributed by atoms with Crippen molar-refractivity contribution >= 4 is 40.2 Å². The Hall–Kier alpha value is -3.39. The number of rotatable bonds is 4. The summed E-state index contributed by atoms with van der Waals surface area (Å²) in [4.78, 5) is 38.4. The molecule has 0 saturated carbocycles. The van der Waals surface area contributed by atoms with E-state index in [2.05, 4.69) is 10.4 Å². The number of carbonyl (C=O) groups excluding carboxylic acids is 3. The van der Waals surface area contributed by atoms with Crippen molar-refractivity contribution in [3.63, 3.8) is 0 Å². The van der Waals surface area contributed by atoms with E-state index in [1.807, 2.05) is 73.6 Å². The summed E-state index contributed by atoms with van der Waals surface area (Å²) < 4.78 is 0. The van der Waals surface area contributed by atoms with Crippen LogP contribution in [0.25, 0.3) is 0 Å². The summed E-state index contributed by atoms with van der Waals surface area (Å²) in [6.45, 7) is 0. The van der Waals surface area contributed by atoms with Crippen LogP contribution in [0.2, 0.25) is 0 Å². The van der Waals surface area contributed by atoms with Crippen LogP contribution < -0.4 is 10.2 Å². The van der Waals surface area contributed by atoms with Crippen molar-refractivity contribution in [2.75, 3.05) is 19.0 Å². The Labute approximate surface area is 178 Å². The van der Waals surface area contributed by atoms with Gasteiger partial charge in [0.05, 0.1) is 16.7 Å². The number of nitrogens with zero attached hydrogens (tertiary/aromatic N) is 3. The molecule has 1 unspecified atom stereocenters. The van der Waals surface area contributed by atoms with Crippen molar-refractivity contribution in [1.82, 2.24) is 10.3 Å². The zero-order valence-corrected chi connectivity index (χ0v) is 17.3. The average Bonchev–Trinajstić information content (AvgIpc) is 3.32. The Balaban J connectivity index is 1.67. The SMILES string of the molecule is CN(C)c1ccc(C2CC(c3ccccc3)=NN2C(=O)/C=C2\SC(=O)NC2=O)cc1. The van der Waals surface area contributed by atoms with Gasteiger partial charge >= 0.3 is 0 Å². The fourth-order valence-corrected chi connectivity index (χ4v) is 4.02. The number of benzene rings is 2. The van der Waals surface area contributed by atoms with Crippen molar-refractivity contribution in [3.8, 4) is 0 Å². The molecule has 8 heteroatoms. The van der Waals surface area contributed by atoms with E-state index in [-0.39, 0.29) is 10.9 Å². The van der Waals surface area contributed by atoms with Gasteiger partial charge in [-0.15, -0.1) is 0 Å². The molecule has 0 aliphatic carbocycles. The first-order chi connectivity index (χ1) is 14.4. The van der Waals surface area contributed by atoms with Crippen LogP contribution in [0.3, 0.4) is 0 Å². The first-order valence-corrected chi connectivity index (χ1v) is 10.2. The van der Waals surface area contributed by atoms with E-state index in [9.17, 15) is 14.4 Å². The van der Waals surface area contributed by atoms with Crippen LogP contribution in [-0.2, 0) is 9.59 Å². The number of hydrogen-bond acceptors (Lipinski definition) is 6. The van der Waals surface area contributed by atoms with E-state index >= 15 is 0 Å². The van der Waals surface area contributed by atoms with Gasteiger partial charge in [0.2, 0.25) is 0 Å². The summed E-state index contributed by atoms with van der Waals surface area (Å²) in [5.74, 6) is -0.994. The molecule has 4 rings (SSSR count). The van der Waals surface area contributed by atoms with Crippen LogP contribution in [0, 0.1) is 0 Å². The van der Waals surface area contributed by atoms with Crippen LogP contribution in [0.5, 0.6) is 0 Å². The van der Waals surface area contributed by atoms with Crippen molar-refractivity contribution in [2.24, 2.45) is 5.10 Å². The Bertz CT molecular complexity index is 1060. The second kappa shape index (κ2) is 8.16. The van der Waals surface area contributed by atoms with Crippen LogP contribution in [-0.4, -0.2) is 41.9 Å². The molecule has 2 heterocycles. The molecule has 0 bridgehead atoms. The van der Waals surface area contributed by atoms with Crippen LogP contribution in [0.1, 0.15) is 23.6 Å². The highest BCUT2D eigenvalue weighted by Gasteiger charge is 2.34. The zero-order chi connectivity index (χ0) is 21.3. The minimum absolute atomic E-state index is 0.0788. The van der Waals surface area contributed by atoms with Gasteiger partial charge in [0.15, 0.2) is 0 Å². The number of anilines is 1. The fraction of sp³-hybridized carbons (Fsp3) is 0.182. The molecule has 1 saturated heterocycles. The second-order valence-electron chi connectivity index (χ2n) is 7.15. The predicted octanol–water partition coefficient (Wildman–Crippen LogP) is 3.30. The molecule has 0 aromatic heterocycles. The standard InChI is InChI=1S/C22H20N4O3S/c1-25(2)16-10-8-15(9-11-16)18-12-17(14-6-4-3-5-7-14)24-26(18)20(27)13-19-21(28)23-22(29)30-19/h3-11,13,18H,12H2,1-2H3,(H,23,28,29)/b19-13-. The summed E-state index contributed by atoms with van der Waals surface area (Å²) in [6.07, 6.45) is 1.74. The number of hydrazone groups is 1. The Morgan fingerprint density at radius 2 is 1.83 bits per heavy atom. The molecule has 1 fully saturated rings. The van der Waals surface area contributed by atoms with E-state index in [4.69, 9.17) is 0 Å². The van der Waals surface area contributed by atoms with Gasteiger partial charge in [-0.2, -0.15) is 5.10 Å². The highest BCUT2D eigenvalue weighted by molar-refractivity contribution is 8.18. The number of carbonyl (C=O) groups is 3.